The zero-order valence-corrected chi connectivity index (χ0v) is 14.8. The summed E-state index contributed by atoms with van der Waals surface area (Å²) in [5.74, 6) is 1.66. The predicted octanol–water partition coefficient (Wildman–Crippen LogP) is 4.12. The second-order valence-corrected chi connectivity index (χ2v) is 6.78. The van der Waals surface area contributed by atoms with Crippen LogP contribution in [0.15, 0.2) is 22.7 Å². The minimum absolute atomic E-state index is 0.181. The fraction of sp³-hybridized carbons (Fsp3) is 0.588. The van der Waals surface area contributed by atoms with Crippen molar-refractivity contribution in [3.8, 4) is 0 Å². The van der Waals surface area contributed by atoms with E-state index in [0.29, 0.717) is 5.92 Å². The SMILES string of the molecule is CCO[C@@H](C)Cn1c(C2CCOCC2)nc2ccc(Br)cc21. The molecule has 120 valence electrons. The fourth-order valence-electron chi connectivity index (χ4n) is 3.17. The van der Waals surface area contributed by atoms with Crippen LogP contribution in [0.1, 0.15) is 38.4 Å². The molecule has 1 saturated heterocycles. The van der Waals surface area contributed by atoms with E-state index in [1.165, 1.54) is 11.3 Å². The van der Waals surface area contributed by atoms with Crippen LogP contribution in [0.4, 0.5) is 0 Å². The van der Waals surface area contributed by atoms with Crippen LogP contribution in [-0.4, -0.2) is 35.5 Å². The molecule has 4 nitrogen and oxygen atoms in total. The highest BCUT2D eigenvalue weighted by atomic mass is 79.9. The molecular weight excluding hydrogens is 344 g/mol. The predicted molar refractivity (Wildman–Crippen MR) is 91.3 cm³/mol. The van der Waals surface area contributed by atoms with Crippen molar-refractivity contribution in [3.63, 3.8) is 0 Å². The molecule has 3 rings (SSSR count). The molecule has 2 aromatic rings. The topological polar surface area (TPSA) is 36.3 Å². The van der Waals surface area contributed by atoms with Crippen molar-refractivity contribution in [3.05, 3.63) is 28.5 Å². The Morgan fingerprint density at radius 1 is 1.41 bits per heavy atom. The van der Waals surface area contributed by atoms with Gasteiger partial charge in [-0.15, -0.1) is 0 Å². The van der Waals surface area contributed by atoms with Crippen molar-refractivity contribution >= 4 is 27.0 Å². The van der Waals surface area contributed by atoms with Crippen molar-refractivity contribution < 1.29 is 9.47 Å². The van der Waals surface area contributed by atoms with E-state index in [9.17, 15) is 0 Å². The molecule has 1 aromatic heterocycles. The Bertz CT molecular complexity index is 635. The molecule has 1 aromatic carbocycles. The van der Waals surface area contributed by atoms with Crippen LogP contribution in [0.3, 0.4) is 0 Å². The fourth-order valence-corrected chi connectivity index (χ4v) is 3.52. The van der Waals surface area contributed by atoms with Crippen LogP contribution < -0.4 is 0 Å². The van der Waals surface area contributed by atoms with Gasteiger partial charge < -0.3 is 14.0 Å². The molecular formula is C17H23BrN2O2. The molecule has 0 aliphatic carbocycles. The maximum atomic E-state index is 5.75. The third-order valence-corrected chi connectivity index (χ3v) is 4.71. The molecule has 1 atom stereocenters. The Balaban J connectivity index is 2.00. The van der Waals surface area contributed by atoms with Gasteiger partial charge in [0, 0.05) is 30.2 Å². The zero-order chi connectivity index (χ0) is 15.5. The Morgan fingerprint density at radius 3 is 2.91 bits per heavy atom. The van der Waals surface area contributed by atoms with Crippen molar-refractivity contribution in [1.29, 1.82) is 0 Å². The Labute approximate surface area is 139 Å². The molecule has 0 N–H and O–H groups in total. The standard InChI is InChI=1S/C17H23BrN2O2/c1-3-22-12(2)11-20-16-10-14(18)4-5-15(16)19-17(20)13-6-8-21-9-7-13/h4-5,10,12-13H,3,6-9,11H2,1-2H3/t12-/m0/s1. The number of aromatic nitrogens is 2. The second-order valence-electron chi connectivity index (χ2n) is 5.87. The number of rotatable bonds is 5. The van der Waals surface area contributed by atoms with E-state index >= 15 is 0 Å². The van der Waals surface area contributed by atoms with Crippen LogP contribution in [0.2, 0.25) is 0 Å². The zero-order valence-electron chi connectivity index (χ0n) is 13.2. The summed E-state index contributed by atoms with van der Waals surface area (Å²) in [6.45, 7) is 7.41. The average Bonchev–Trinajstić information content (AvgIpc) is 2.86. The summed E-state index contributed by atoms with van der Waals surface area (Å²) in [7, 11) is 0. The first kappa shape index (κ1) is 16.0. The van der Waals surface area contributed by atoms with Gasteiger partial charge in [0.25, 0.3) is 0 Å². The first-order valence-electron chi connectivity index (χ1n) is 8.04. The lowest BCUT2D eigenvalue weighted by atomic mass is 9.99. The number of fused-ring (bicyclic) bond motifs is 1. The Hall–Kier alpha value is -0.910. The van der Waals surface area contributed by atoms with Gasteiger partial charge in [0.15, 0.2) is 0 Å². The number of ether oxygens (including phenoxy) is 2. The van der Waals surface area contributed by atoms with E-state index in [-0.39, 0.29) is 6.10 Å². The molecule has 1 aliphatic rings. The first-order valence-corrected chi connectivity index (χ1v) is 8.83. The van der Waals surface area contributed by atoms with E-state index in [1.54, 1.807) is 0 Å². The van der Waals surface area contributed by atoms with Gasteiger partial charge in [-0.25, -0.2) is 4.98 Å². The molecule has 1 fully saturated rings. The van der Waals surface area contributed by atoms with Gasteiger partial charge in [-0.3, -0.25) is 0 Å². The van der Waals surface area contributed by atoms with Crippen LogP contribution in [0.5, 0.6) is 0 Å². The minimum atomic E-state index is 0.181. The van der Waals surface area contributed by atoms with Crippen LogP contribution in [-0.2, 0) is 16.0 Å². The van der Waals surface area contributed by atoms with Gasteiger partial charge in [0.05, 0.1) is 23.7 Å². The summed E-state index contributed by atoms with van der Waals surface area (Å²) in [5, 5.41) is 0. The molecule has 22 heavy (non-hydrogen) atoms. The average molecular weight is 367 g/mol. The summed E-state index contributed by atoms with van der Waals surface area (Å²) in [4.78, 5) is 4.92. The summed E-state index contributed by atoms with van der Waals surface area (Å²) in [5.41, 5.74) is 2.25. The second kappa shape index (κ2) is 7.11. The van der Waals surface area contributed by atoms with Crippen LogP contribution >= 0.6 is 15.9 Å². The summed E-state index contributed by atoms with van der Waals surface area (Å²) >= 11 is 3.58. The molecule has 1 aliphatic heterocycles. The van der Waals surface area contributed by atoms with E-state index in [2.05, 4.69) is 45.6 Å². The molecule has 0 amide bonds. The van der Waals surface area contributed by atoms with E-state index in [4.69, 9.17) is 14.5 Å². The number of halogens is 1. The third kappa shape index (κ3) is 3.36. The Morgan fingerprint density at radius 2 is 2.18 bits per heavy atom. The largest absolute Gasteiger partial charge is 0.381 e. The van der Waals surface area contributed by atoms with Crippen LogP contribution in [0.25, 0.3) is 11.0 Å². The van der Waals surface area contributed by atoms with E-state index < -0.39 is 0 Å². The van der Waals surface area contributed by atoms with Crippen molar-refractivity contribution in [2.75, 3.05) is 19.8 Å². The lowest BCUT2D eigenvalue weighted by molar-refractivity contribution is 0.0613. The van der Waals surface area contributed by atoms with Crippen molar-refractivity contribution in [2.24, 2.45) is 0 Å². The number of hydrogen-bond acceptors (Lipinski definition) is 3. The lowest BCUT2D eigenvalue weighted by Gasteiger charge is -2.24. The van der Waals surface area contributed by atoms with Gasteiger partial charge in [-0.05, 0) is 44.9 Å². The molecule has 5 heteroatoms. The normalized spacial score (nSPS) is 18.0. The highest BCUT2D eigenvalue weighted by Gasteiger charge is 2.23. The highest BCUT2D eigenvalue weighted by Crippen LogP contribution is 2.31. The quantitative estimate of drug-likeness (QED) is 0.798. The Kier molecular flexibility index (Phi) is 5.16. The third-order valence-electron chi connectivity index (χ3n) is 4.22. The maximum absolute atomic E-state index is 5.75. The number of benzene rings is 1. The molecule has 2 heterocycles. The monoisotopic (exact) mass is 366 g/mol. The smallest absolute Gasteiger partial charge is 0.113 e. The summed E-state index contributed by atoms with van der Waals surface area (Å²) in [6, 6.07) is 6.30. The minimum Gasteiger partial charge on any atom is -0.381 e. The van der Waals surface area contributed by atoms with E-state index in [0.717, 1.165) is 49.2 Å². The van der Waals surface area contributed by atoms with Crippen molar-refractivity contribution in [1.82, 2.24) is 9.55 Å². The molecule has 0 spiro atoms. The first-order chi connectivity index (χ1) is 10.7. The highest BCUT2D eigenvalue weighted by molar-refractivity contribution is 9.10. The molecule has 0 radical (unpaired) electrons. The number of hydrogen-bond donors (Lipinski definition) is 0. The van der Waals surface area contributed by atoms with Crippen molar-refractivity contribution in [2.45, 2.75) is 45.3 Å². The van der Waals surface area contributed by atoms with Gasteiger partial charge in [-0.2, -0.15) is 0 Å². The number of imidazole rings is 1. The van der Waals surface area contributed by atoms with E-state index in [1.807, 2.05) is 6.92 Å². The number of nitrogens with zero attached hydrogens (tertiary/aromatic N) is 2. The van der Waals surface area contributed by atoms with Crippen LogP contribution in [0, 0.1) is 0 Å². The molecule has 0 saturated carbocycles. The van der Waals surface area contributed by atoms with Gasteiger partial charge in [0.2, 0.25) is 0 Å². The van der Waals surface area contributed by atoms with Gasteiger partial charge in [0.1, 0.15) is 5.82 Å². The summed E-state index contributed by atoms with van der Waals surface area (Å²) in [6.07, 6.45) is 2.28. The molecule has 0 bridgehead atoms. The van der Waals surface area contributed by atoms with Gasteiger partial charge >= 0.3 is 0 Å². The maximum Gasteiger partial charge on any atom is 0.113 e. The van der Waals surface area contributed by atoms with Gasteiger partial charge in [-0.1, -0.05) is 15.9 Å². The summed E-state index contributed by atoms with van der Waals surface area (Å²) < 4.78 is 14.7. The molecule has 0 unspecified atom stereocenters. The lowest BCUT2D eigenvalue weighted by Crippen LogP contribution is -2.22.